The molecule has 0 amide bonds. The van der Waals surface area contributed by atoms with Crippen molar-refractivity contribution in [1.82, 2.24) is 5.32 Å². The lowest BCUT2D eigenvalue weighted by atomic mass is 10.1. The van der Waals surface area contributed by atoms with E-state index in [1.165, 1.54) is 5.56 Å². The van der Waals surface area contributed by atoms with Gasteiger partial charge in [0.1, 0.15) is 0 Å². The van der Waals surface area contributed by atoms with Crippen molar-refractivity contribution in [2.75, 3.05) is 6.54 Å². The van der Waals surface area contributed by atoms with Crippen LogP contribution in [0.1, 0.15) is 24.2 Å². The van der Waals surface area contributed by atoms with Gasteiger partial charge >= 0.3 is 0 Å². The van der Waals surface area contributed by atoms with Crippen LogP contribution in [0.5, 0.6) is 0 Å². The van der Waals surface area contributed by atoms with Gasteiger partial charge in [-0.1, -0.05) is 29.8 Å². The summed E-state index contributed by atoms with van der Waals surface area (Å²) in [5.41, 5.74) is 2.11. The molecule has 1 aromatic carbocycles. The van der Waals surface area contributed by atoms with Gasteiger partial charge in [0.05, 0.1) is 6.10 Å². The lowest BCUT2D eigenvalue weighted by Crippen LogP contribution is -2.32. The van der Waals surface area contributed by atoms with Crippen LogP contribution >= 0.6 is 22.9 Å². The van der Waals surface area contributed by atoms with Crippen molar-refractivity contribution in [3.63, 3.8) is 0 Å². The number of nitrogens with one attached hydrogen (secondary N) is 1. The second kappa shape index (κ2) is 7.06. The van der Waals surface area contributed by atoms with Gasteiger partial charge in [0.25, 0.3) is 0 Å². The van der Waals surface area contributed by atoms with Gasteiger partial charge in [-0.15, -0.1) is 0 Å². The number of halogens is 1. The van der Waals surface area contributed by atoms with E-state index in [9.17, 15) is 5.11 Å². The third-order valence-electron chi connectivity index (χ3n) is 3.05. The molecule has 0 aliphatic rings. The highest BCUT2D eigenvalue weighted by Gasteiger charge is 2.12. The summed E-state index contributed by atoms with van der Waals surface area (Å²) in [5, 5.41) is 18.3. The van der Waals surface area contributed by atoms with E-state index in [4.69, 9.17) is 11.6 Å². The molecular weight excluding hydrogens is 278 g/mol. The molecule has 1 heterocycles. The molecular formula is C15H18ClNOS. The summed E-state index contributed by atoms with van der Waals surface area (Å²) in [7, 11) is 0. The predicted molar refractivity (Wildman–Crippen MR) is 81.9 cm³/mol. The van der Waals surface area contributed by atoms with Gasteiger partial charge in [-0.3, -0.25) is 0 Å². The normalized spacial score (nSPS) is 14.3. The lowest BCUT2D eigenvalue weighted by molar-refractivity contribution is 0.170. The van der Waals surface area contributed by atoms with E-state index < -0.39 is 6.10 Å². The highest BCUT2D eigenvalue weighted by molar-refractivity contribution is 7.07. The summed E-state index contributed by atoms with van der Waals surface area (Å²) in [6.07, 6.45) is 0.400. The average molecular weight is 296 g/mol. The minimum atomic E-state index is -0.571. The number of hydrogen-bond donors (Lipinski definition) is 2. The molecule has 4 heteroatoms. The zero-order valence-corrected chi connectivity index (χ0v) is 12.4. The molecule has 0 bridgehead atoms. The van der Waals surface area contributed by atoms with E-state index in [-0.39, 0.29) is 0 Å². The van der Waals surface area contributed by atoms with Crippen LogP contribution in [-0.4, -0.2) is 17.7 Å². The second-order valence-corrected chi connectivity index (χ2v) is 5.87. The lowest BCUT2D eigenvalue weighted by Gasteiger charge is -2.17. The van der Waals surface area contributed by atoms with Gasteiger partial charge in [-0.2, -0.15) is 11.3 Å². The summed E-state index contributed by atoms with van der Waals surface area (Å²) in [6, 6.07) is 9.87. The van der Waals surface area contributed by atoms with Crippen molar-refractivity contribution in [1.29, 1.82) is 0 Å². The van der Waals surface area contributed by atoms with Crippen LogP contribution in [-0.2, 0) is 6.42 Å². The topological polar surface area (TPSA) is 32.3 Å². The van der Waals surface area contributed by atoms with E-state index in [0.717, 1.165) is 12.0 Å². The van der Waals surface area contributed by atoms with Crippen molar-refractivity contribution in [3.8, 4) is 0 Å². The summed E-state index contributed by atoms with van der Waals surface area (Å²) in [4.78, 5) is 0. The van der Waals surface area contributed by atoms with Crippen LogP contribution in [0.15, 0.2) is 41.1 Å². The smallest absolute Gasteiger partial charge is 0.0928 e. The number of thiophene rings is 1. The Balaban J connectivity index is 1.83. The third kappa shape index (κ3) is 4.32. The van der Waals surface area contributed by atoms with Gasteiger partial charge in [0.15, 0.2) is 0 Å². The minimum absolute atomic E-state index is 0.326. The predicted octanol–water partition coefficient (Wildman–Crippen LogP) is 3.66. The Morgan fingerprint density at radius 2 is 2.11 bits per heavy atom. The molecule has 0 aliphatic heterocycles. The molecule has 0 fully saturated rings. The molecule has 2 N–H and O–H groups in total. The number of hydrogen-bond acceptors (Lipinski definition) is 3. The SMILES string of the molecule is CC(Cc1ccsc1)NCC(O)c1ccccc1Cl. The first-order valence-corrected chi connectivity index (χ1v) is 7.66. The zero-order chi connectivity index (χ0) is 13.7. The Labute approximate surface area is 123 Å². The fourth-order valence-corrected chi connectivity index (χ4v) is 2.95. The molecule has 102 valence electrons. The van der Waals surface area contributed by atoms with Crippen molar-refractivity contribution < 1.29 is 5.11 Å². The molecule has 2 atom stereocenters. The van der Waals surface area contributed by atoms with Gasteiger partial charge in [0, 0.05) is 23.2 Å². The van der Waals surface area contributed by atoms with E-state index in [1.807, 2.05) is 18.2 Å². The summed E-state index contributed by atoms with van der Waals surface area (Å²) >= 11 is 7.77. The zero-order valence-electron chi connectivity index (χ0n) is 10.8. The monoisotopic (exact) mass is 295 g/mol. The Morgan fingerprint density at radius 3 is 2.79 bits per heavy atom. The second-order valence-electron chi connectivity index (χ2n) is 4.68. The van der Waals surface area contributed by atoms with Crippen molar-refractivity contribution >= 4 is 22.9 Å². The van der Waals surface area contributed by atoms with Crippen molar-refractivity contribution in [3.05, 3.63) is 57.2 Å². The molecule has 0 saturated carbocycles. The molecule has 1 aromatic heterocycles. The molecule has 19 heavy (non-hydrogen) atoms. The van der Waals surface area contributed by atoms with E-state index in [2.05, 4.69) is 29.1 Å². The van der Waals surface area contributed by atoms with E-state index >= 15 is 0 Å². The molecule has 0 aliphatic carbocycles. The Morgan fingerprint density at radius 1 is 1.32 bits per heavy atom. The maximum atomic E-state index is 10.1. The largest absolute Gasteiger partial charge is 0.387 e. The fourth-order valence-electron chi connectivity index (χ4n) is 2.00. The first kappa shape index (κ1) is 14.5. The first-order chi connectivity index (χ1) is 9.16. The maximum absolute atomic E-state index is 10.1. The average Bonchev–Trinajstić information content (AvgIpc) is 2.89. The van der Waals surface area contributed by atoms with Crippen molar-refractivity contribution in [2.45, 2.75) is 25.5 Å². The van der Waals surface area contributed by atoms with E-state index in [0.29, 0.717) is 17.6 Å². The van der Waals surface area contributed by atoms with Crippen LogP contribution in [0.4, 0.5) is 0 Å². The number of aliphatic hydroxyl groups is 1. The fraction of sp³-hybridized carbons (Fsp3) is 0.333. The van der Waals surface area contributed by atoms with Crippen LogP contribution in [0.2, 0.25) is 5.02 Å². The van der Waals surface area contributed by atoms with Gasteiger partial charge in [0.2, 0.25) is 0 Å². The Bertz CT molecular complexity index is 501. The van der Waals surface area contributed by atoms with Crippen LogP contribution < -0.4 is 5.32 Å². The highest BCUT2D eigenvalue weighted by atomic mass is 35.5. The summed E-state index contributed by atoms with van der Waals surface area (Å²) in [6.45, 7) is 2.63. The van der Waals surface area contributed by atoms with Gasteiger partial charge in [-0.25, -0.2) is 0 Å². The highest BCUT2D eigenvalue weighted by Crippen LogP contribution is 2.22. The molecule has 2 nitrogen and oxygen atoms in total. The first-order valence-electron chi connectivity index (χ1n) is 6.33. The summed E-state index contributed by atoms with van der Waals surface area (Å²) in [5.74, 6) is 0. The number of rotatable bonds is 6. The van der Waals surface area contributed by atoms with Gasteiger partial charge < -0.3 is 10.4 Å². The minimum Gasteiger partial charge on any atom is -0.387 e. The molecule has 2 unspecified atom stereocenters. The molecule has 2 aromatic rings. The third-order valence-corrected chi connectivity index (χ3v) is 4.12. The number of aliphatic hydroxyl groups excluding tert-OH is 1. The van der Waals surface area contributed by atoms with Crippen LogP contribution in [0.25, 0.3) is 0 Å². The standard InChI is InChI=1S/C15H18ClNOS/c1-11(8-12-6-7-19-10-12)17-9-15(18)13-4-2-3-5-14(13)16/h2-7,10-11,15,17-18H,8-9H2,1H3. The van der Waals surface area contributed by atoms with E-state index in [1.54, 1.807) is 17.4 Å². The summed E-state index contributed by atoms with van der Waals surface area (Å²) < 4.78 is 0. The molecule has 0 radical (unpaired) electrons. The maximum Gasteiger partial charge on any atom is 0.0928 e. The van der Waals surface area contributed by atoms with Crippen molar-refractivity contribution in [2.24, 2.45) is 0 Å². The van der Waals surface area contributed by atoms with Gasteiger partial charge in [-0.05, 0) is 41.8 Å². The Hall–Kier alpha value is -0.870. The van der Waals surface area contributed by atoms with Crippen LogP contribution in [0.3, 0.4) is 0 Å². The molecule has 0 spiro atoms. The quantitative estimate of drug-likeness (QED) is 0.852. The number of benzene rings is 1. The molecule has 0 saturated heterocycles. The molecule has 2 rings (SSSR count). The Kier molecular flexibility index (Phi) is 5.40. The van der Waals surface area contributed by atoms with Crippen LogP contribution in [0, 0.1) is 0 Å².